The maximum absolute atomic E-state index is 14.4. The van der Waals surface area contributed by atoms with Gasteiger partial charge in [0.25, 0.3) is 0 Å². The first-order valence-electron chi connectivity index (χ1n) is 28.7. The molecule has 0 spiro atoms. The van der Waals surface area contributed by atoms with Gasteiger partial charge in [0.15, 0.2) is 11.9 Å². The van der Waals surface area contributed by atoms with E-state index in [0.29, 0.717) is 0 Å². The average Bonchev–Trinajstić information content (AvgIpc) is 1.66. The first-order valence-corrected chi connectivity index (χ1v) is 30.1. The van der Waals surface area contributed by atoms with Gasteiger partial charge in [0.2, 0.25) is 47.3 Å². The molecule has 1 aliphatic carbocycles. The molecule has 1 saturated heterocycles. The molecule has 2 aromatic carbocycles. The predicted octanol–water partition coefficient (Wildman–Crippen LogP) is -2.79. The summed E-state index contributed by atoms with van der Waals surface area (Å²) in [5, 5.41) is 54.9. The Kier molecular flexibility index (Phi) is 29.5. The Morgan fingerprint density at radius 1 is 0.556 bits per heavy atom. The molecule has 1 aliphatic heterocycles. The molecule has 33 nitrogen and oxygen atoms in total. The van der Waals surface area contributed by atoms with Crippen molar-refractivity contribution in [1.29, 1.82) is 0 Å². The highest BCUT2D eigenvalue weighted by atomic mass is 32.2. The highest BCUT2D eigenvalue weighted by Crippen LogP contribution is 2.44. The van der Waals surface area contributed by atoms with Crippen LogP contribution in [0.15, 0.2) is 58.5 Å². The highest BCUT2D eigenvalue weighted by molar-refractivity contribution is 7.98. The van der Waals surface area contributed by atoms with Crippen LogP contribution in [0.1, 0.15) is 107 Å². The van der Waals surface area contributed by atoms with Gasteiger partial charge in [0.05, 0.1) is 6.42 Å². The maximum Gasteiger partial charge on any atom is 0.407 e. The van der Waals surface area contributed by atoms with Gasteiger partial charge in [-0.3, -0.25) is 62.7 Å². The van der Waals surface area contributed by atoms with Gasteiger partial charge in [-0.05, 0) is 98.5 Å². The average molecular weight is 1280 g/mol. The zero-order chi connectivity index (χ0) is 66.6. The predicted molar refractivity (Wildman–Crippen MR) is 323 cm³/mol. The number of carboxylic acids is 4. The van der Waals surface area contributed by atoms with Gasteiger partial charge in [-0.2, -0.15) is 11.8 Å². The maximum atomic E-state index is 14.4. The number of fused-ring (bicyclic) bond motifs is 3. The molecule has 0 bridgehead atoms. The molecule has 34 heteroatoms. The van der Waals surface area contributed by atoms with Gasteiger partial charge in [0.1, 0.15) is 54.9 Å². The minimum atomic E-state index is -1.85. The molecule has 2 aromatic rings. The zero-order valence-corrected chi connectivity index (χ0v) is 50.2. The van der Waals surface area contributed by atoms with Crippen LogP contribution in [0.3, 0.4) is 0 Å². The molecule has 0 unspecified atom stereocenters. The van der Waals surface area contributed by atoms with E-state index in [1.807, 2.05) is 48.5 Å². The Labute approximate surface area is 520 Å². The van der Waals surface area contributed by atoms with Gasteiger partial charge < -0.3 is 95.9 Å². The number of hydrogen-bond donors (Lipinski definition) is 16. The van der Waals surface area contributed by atoms with Crippen LogP contribution < -0.4 is 65.9 Å². The molecule has 1 fully saturated rings. The Morgan fingerprint density at radius 3 is 1.43 bits per heavy atom. The molecule has 2 aliphatic rings. The second kappa shape index (κ2) is 36.5. The lowest BCUT2D eigenvalue weighted by atomic mass is 9.98. The number of nitrogens with zero attached hydrogens (tertiary/aromatic N) is 3. The third-order valence-corrected chi connectivity index (χ3v) is 15.0. The van der Waals surface area contributed by atoms with Crippen molar-refractivity contribution in [3.63, 3.8) is 0 Å². The number of carboxylic acid groups (broad SMARTS) is 4. The quantitative estimate of drug-likeness (QED) is 0.0183. The molecule has 8 atom stereocenters. The first kappa shape index (κ1) is 72.7. The Bertz CT molecular complexity index is 2950. The third-order valence-electron chi connectivity index (χ3n) is 14.4. The molecule has 90 heavy (non-hydrogen) atoms. The van der Waals surface area contributed by atoms with E-state index in [4.69, 9.17) is 33.4 Å². The largest absolute Gasteiger partial charge is 0.481 e. The SMILES string of the molecule is CSCC[C@H](NC(=O)[C@H](CCC(=O)O)NC(=O)[C@H](CCC(=O)O)NC(=O)OCC1c2ccccc2-c2ccccc21)C(=O)N[C@@H](CCC(N)=O)C(=O)N[C@@H](CCCN=C(N)N)C(=O)N[C@@H](CCCN=C(N)N)C(=O)N1CCC[C@H]1C(=O)N[C@@H](CC(=O)O)C(=O)O. The van der Waals surface area contributed by atoms with Crippen LogP contribution in [0.25, 0.3) is 11.1 Å². The van der Waals surface area contributed by atoms with Crippen molar-refractivity contribution in [3.8, 4) is 11.1 Å². The van der Waals surface area contributed by atoms with Crippen molar-refractivity contribution in [3.05, 3.63) is 59.7 Å². The summed E-state index contributed by atoms with van der Waals surface area (Å²) in [6.45, 7) is -0.370. The van der Waals surface area contributed by atoms with E-state index in [1.54, 1.807) is 6.26 Å². The number of nitrogens with one attached hydrogen (secondary N) is 7. The minimum absolute atomic E-state index is 0.00128. The minimum Gasteiger partial charge on any atom is -0.481 e. The summed E-state index contributed by atoms with van der Waals surface area (Å²) < 4.78 is 5.58. The van der Waals surface area contributed by atoms with E-state index in [1.165, 1.54) is 11.8 Å². The number of aliphatic carboxylic acids is 4. The number of hydrogen-bond acceptors (Lipinski definition) is 17. The summed E-state index contributed by atoms with van der Waals surface area (Å²) >= 11 is 1.23. The van der Waals surface area contributed by atoms with Crippen LogP contribution in [0.2, 0.25) is 0 Å². The van der Waals surface area contributed by atoms with E-state index in [9.17, 15) is 82.8 Å². The number of likely N-dealkylation sites (tertiary alicyclic amines) is 1. The second-order valence-electron chi connectivity index (χ2n) is 21.1. The van der Waals surface area contributed by atoms with Crippen molar-refractivity contribution in [2.24, 2.45) is 38.7 Å². The smallest absolute Gasteiger partial charge is 0.407 e. The lowest BCUT2D eigenvalue weighted by molar-refractivity contribution is -0.148. The van der Waals surface area contributed by atoms with E-state index in [-0.39, 0.29) is 88.9 Å². The number of thioether (sulfide) groups is 1. The number of guanidine groups is 2. The van der Waals surface area contributed by atoms with Gasteiger partial charge in [-0.25, -0.2) is 9.59 Å². The molecule has 492 valence electrons. The number of amides is 9. The second-order valence-corrected chi connectivity index (χ2v) is 22.0. The summed E-state index contributed by atoms with van der Waals surface area (Å²) in [6, 6.07) is 2.12. The van der Waals surface area contributed by atoms with Crippen molar-refractivity contribution in [1.82, 2.24) is 42.1 Å². The topological polar surface area (TPSA) is 554 Å². The Morgan fingerprint density at radius 2 is 0.989 bits per heavy atom. The summed E-state index contributed by atoms with van der Waals surface area (Å²) in [4.78, 5) is 180. The Balaban J connectivity index is 1.58. The van der Waals surface area contributed by atoms with Crippen LogP contribution in [-0.4, -0.2) is 201 Å². The summed E-state index contributed by atoms with van der Waals surface area (Å²) in [6.07, 6.45) is -4.19. The van der Waals surface area contributed by atoms with Crippen LogP contribution in [-0.2, 0) is 62.3 Å². The molecular formula is C56H79N15O18S. The zero-order valence-electron chi connectivity index (χ0n) is 49.4. The number of benzene rings is 2. The van der Waals surface area contributed by atoms with Crippen molar-refractivity contribution >= 4 is 101 Å². The summed E-state index contributed by atoms with van der Waals surface area (Å²) in [5.41, 5.74) is 31.1. The van der Waals surface area contributed by atoms with Crippen LogP contribution in [0.5, 0.6) is 0 Å². The molecule has 9 amide bonds. The van der Waals surface area contributed by atoms with E-state index < -0.39 is 176 Å². The Hall–Kier alpha value is -9.76. The standard InChI is InChI=1S/C56H79N15O18S/c1-90-26-22-38(67-48(81)36(17-20-43(73)74)66-49(82)37(18-21-44(75)76)70-56(88)89-28-33-31-11-4-2-9-29(31)30-10-3-5-12-32(30)33)50(83)65-35(16-19-42(57)72)47(80)64-34(13-6-23-62-54(58)59)46(79)68-39(14-7-24-63-55(60)61)52(85)71-25-8-15-41(71)51(84)69-40(53(86)87)27-45(77)78/h2-5,9-12,33-41H,6-8,13-28H2,1H3,(H2,57,72)(H,64,80)(H,65,83)(H,66,82)(H,67,81)(H,68,79)(H,69,84)(H,70,88)(H,73,74)(H,75,76)(H,77,78)(H,86,87)(H4,58,59,62)(H4,60,61,63)/t34-,35-,36-,37-,38-,39-,40-,41-/m0/s1. The molecular weight excluding hydrogens is 1200 g/mol. The van der Waals surface area contributed by atoms with Crippen molar-refractivity contribution < 1.29 is 87.5 Å². The number of ether oxygens (including phenoxy) is 1. The number of aliphatic imine (C=N–C) groups is 2. The molecule has 0 saturated carbocycles. The van der Waals surface area contributed by atoms with E-state index >= 15 is 0 Å². The first-order chi connectivity index (χ1) is 42.7. The number of primary amides is 1. The molecule has 4 rings (SSSR count). The lowest BCUT2D eigenvalue weighted by Gasteiger charge is -2.30. The lowest BCUT2D eigenvalue weighted by Crippen LogP contribution is -2.60. The molecule has 1 heterocycles. The molecule has 21 N–H and O–H groups in total. The van der Waals surface area contributed by atoms with Crippen LogP contribution in [0, 0.1) is 0 Å². The van der Waals surface area contributed by atoms with Crippen LogP contribution >= 0.6 is 11.8 Å². The fourth-order valence-corrected chi connectivity index (χ4v) is 10.4. The number of rotatable bonds is 39. The summed E-state index contributed by atoms with van der Waals surface area (Å²) in [5.74, 6) is -14.9. The number of nitrogens with two attached hydrogens (primary N) is 5. The van der Waals surface area contributed by atoms with Gasteiger partial charge >= 0.3 is 30.0 Å². The van der Waals surface area contributed by atoms with E-state index in [0.717, 1.165) is 27.2 Å². The number of carbonyl (C=O) groups is 13. The third kappa shape index (κ3) is 23.7. The van der Waals surface area contributed by atoms with E-state index in [2.05, 4.69) is 47.2 Å². The van der Waals surface area contributed by atoms with Gasteiger partial charge in [0, 0.05) is 44.8 Å². The van der Waals surface area contributed by atoms with Crippen molar-refractivity contribution in [2.45, 2.75) is 144 Å². The fourth-order valence-electron chi connectivity index (χ4n) is 9.96. The number of carbonyl (C=O) groups excluding carboxylic acids is 9. The number of alkyl carbamates (subject to hydrolysis) is 1. The molecule has 0 aromatic heterocycles. The summed E-state index contributed by atoms with van der Waals surface area (Å²) in [7, 11) is 0. The van der Waals surface area contributed by atoms with Crippen molar-refractivity contribution in [2.75, 3.05) is 38.2 Å². The normalized spacial score (nSPS) is 15.4. The highest BCUT2D eigenvalue weighted by Gasteiger charge is 2.41. The monoisotopic (exact) mass is 1280 g/mol. The fraction of sp³-hybridized carbons (Fsp3) is 0.518. The van der Waals surface area contributed by atoms with Gasteiger partial charge in [-0.1, -0.05) is 48.5 Å². The van der Waals surface area contributed by atoms with Gasteiger partial charge in [-0.15, -0.1) is 0 Å². The molecule has 0 radical (unpaired) electrons. The van der Waals surface area contributed by atoms with Crippen LogP contribution in [0.4, 0.5) is 4.79 Å².